The zero-order valence-corrected chi connectivity index (χ0v) is 20.5. The maximum Gasteiger partial charge on any atom is 0.200 e. The van der Waals surface area contributed by atoms with Crippen molar-refractivity contribution in [3.63, 3.8) is 0 Å². The Balaban J connectivity index is 2.57. The molecule has 0 radical (unpaired) electrons. The van der Waals surface area contributed by atoms with Crippen molar-refractivity contribution in [2.75, 3.05) is 0 Å². The Morgan fingerprint density at radius 3 is 0.854 bits per heavy atom. The summed E-state index contributed by atoms with van der Waals surface area (Å²) < 4.78 is 221. The summed E-state index contributed by atoms with van der Waals surface area (Å²) in [6, 6.07) is 2.49. The van der Waals surface area contributed by atoms with Crippen molar-refractivity contribution in [3.05, 3.63) is 116 Å². The van der Waals surface area contributed by atoms with Gasteiger partial charge in [0.2, 0.25) is 0 Å². The average Bonchev–Trinajstić information content (AvgIpc) is 2.94. The molecule has 216 valence electrons. The minimum atomic E-state index is -5.77. The summed E-state index contributed by atoms with van der Waals surface area (Å²) >= 11 is 2.73. The summed E-state index contributed by atoms with van der Waals surface area (Å²) in [6.45, 7) is 0. The lowest BCUT2D eigenvalue weighted by atomic mass is 9.12. The van der Waals surface area contributed by atoms with Crippen molar-refractivity contribution in [2.45, 2.75) is 0 Å². The molecule has 0 aliphatic rings. The highest BCUT2D eigenvalue weighted by atomic mass is 79.9. The predicted octanol–water partition coefficient (Wildman–Crippen LogP) is 5.91. The summed E-state index contributed by atoms with van der Waals surface area (Å²) in [6.07, 6.45) is -5.77. The fraction of sp³-hybridized carbons (Fsp3) is 0. The first-order valence-corrected chi connectivity index (χ1v) is 11.3. The Morgan fingerprint density at radius 2 is 0.610 bits per heavy atom. The summed E-state index contributed by atoms with van der Waals surface area (Å²) in [5.74, 6) is -45.6. The molecule has 0 aromatic heterocycles. The van der Waals surface area contributed by atoms with Crippen molar-refractivity contribution < 1.29 is 65.9 Å². The molecule has 17 heteroatoms. The van der Waals surface area contributed by atoms with Crippen LogP contribution in [0.25, 0.3) is 0 Å². The molecule has 41 heavy (non-hydrogen) atoms. The van der Waals surface area contributed by atoms with E-state index in [1.807, 2.05) is 0 Å². The number of rotatable bonds is 4. The third-order valence-electron chi connectivity index (χ3n) is 6.38. The number of halogens is 16. The second kappa shape index (κ2) is 10.3. The lowest BCUT2D eigenvalue weighted by molar-refractivity contribution is 0.380. The molecule has 0 nitrogen and oxygen atoms in total. The number of hydrogen-bond donors (Lipinski definition) is 0. The molecule has 0 amide bonds. The minimum Gasteiger partial charge on any atom is -0.207 e. The lowest BCUT2D eigenvalue weighted by Crippen LogP contribution is -2.79. The highest BCUT2D eigenvalue weighted by Crippen LogP contribution is 2.28. The quantitative estimate of drug-likeness (QED) is 0.110. The minimum absolute atomic E-state index is 0.388. The zero-order chi connectivity index (χ0) is 30.9. The van der Waals surface area contributed by atoms with Crippen LogP contribution in [0.1, 0.15) is 0 Å². The summed E-state index contributed by atoms with van der Waals surface area (Å²) in [4.78, 5) is 0. The van der Waals surface area contributed by atoms with Gasteiger partial charge in [0, 0.05) is 4.47 Å². The van der Waals surface area contributed by atoms with E-state index in [0.29, 0.717) is 12.1 Å². The van der Waals surface area contributed by atoms with Crippen LogP contribution in [0.4, 0.5) is 65.9 Å². The zero-order valence-electron chi connectivity index (χ0n) is 18.9. The molecular formula is C24H4BBrF15-. The van der Waals surface area contributed by atoms with E-state index in [2.05, 4.69) is 15.9 Å². The molecule has 0 aliphatic carbocycles. The number of benzene rings is 4. The fourth-order valence-electron chi connectivity index (χ4n) is 4.72. The second-order valence-corrected chi connectivity index (χ2v) is 9.29. The topological polar surface area (TPSA) is 0 Å². The van der Waals surface area contributed by atoms with Crippen LogP contribution in [0.5, 0.6) is 0 Å². The summed E-state index contributed by atoms with van der Waals surface area (Å²) in [5.41, 5.74) is -9.49. The second-order valence-electron chi connectivity index (χ2n) is 8.37. The van der Waals surface area contributed by atoms with Gasteiger partial charge in [-0.2, -0.15) is 5.46 Å². The van der Waals surface area contributed by atoms with Gasteiger partial charge in [-0.25, -0.2) is 65.9 Å². The van der Waals surface area contributed by atoms with Gasteiger partial charge in [0.25, 0.3) is 0 Å². The van der Waals surface area contributed by atoms with Crippen LogP contribution in [0.3, 0.4) is 0 Å². The summed E-state index contributed by atoms with van der Waals surface area (Å²) in [7, 11) is 0. The van der Waals surface area contributed by atoms with E-state index in [4.69, 9.17) is 0 Å². The van der Waals surface area contributed by atoms with Crippen LogP contribution in [0.15, 0.2) is 28.7 Å². The largest absolute Gasteiger partial charge is 0.207 e. The maximum atomic E-state index is 15.4. The smallest absolute Gasteiger partial charge is 0.200 e. The van der Waals surface area contributed by atoms with Crippen LogP contribution < -0.4 is 21.9 Å². The molecule has 0 saturated heterocycles. The Hall–Kier alpha value is -3.63. The summed E-state index contributed by atoms with van der Waals surface area (Å²) in [5, 5.41) is 0. The average molecular weight is 668 g/mol. The van der Waals surface area contributed by atoms with E-state index in [-0.39, 0.29) is 0 Å². The number of hydrogen-bond acceptors (Lipinski definition) is 0. The first-order chi connectivity index (χ1) is 19.0. The van der Waals surface area contributed by atoms with E-state index < -0.39 is 120 Å². The van der Waals surface area contributed by atoms with Crippen LogP contribution in [-0.4, -0.2) is 6.15 Å². The Labute approximate surface area is 226 Å². The van der Waals surface area contributed by atoms with Gasteiger partial charge in [0.1, 0.15) is 41.0 Å². The van der Waals surface area contributed by atoms with Gasteiger partial charge < -0.3 is 0 Å². The van der Waals surface area contributed by atoms with E-state index in [1.54, 1.807) is 0 Å². The molecule has 4 rings (SSSR count). The van der Waals surface area contributed by atoms with Crippen LogP contribution in [0, 0.1) is 87.3 Å². The first-order valence-electron chi connectivity index (χ1n) is 10.5. The van der Waals surface area contributed by atoms with E-state index >= 15 is 26.3 Å². The maximum absolute atomic E-state index is 15.4. The van der Waals surface area contributed by atoms with Gasteiger partial charge in [-0.05, 0) is 6.07 Å². The molecule has 0 aliphatic heterocycles. The van der Waals surface area contributed by atoms with E-state index in [0.717, 1.165) is 12.1 Å². The molecule has 4 aromatic rings. The van der Waals surface area contributed by atoms with Crippen molar-refractivity contribution in [1.82, 2.24) is 0 Å². The van der Waals surface area contributed by atoms with Gasteiger partial charge in [-0.15, -0.1) is 16.4 Å². The molecule has 0 spiro atoms. The van der Waals surface area contributed by atoms with Crippen molar-refractivity contribution in [1.29, 1.82) is 0 Å². The lowest BCUT2D eigenvalue weighted by Gasteiger charge is -2.44. The van der Waals surface area contributed by atoms with E-state index in [9.17, 15) is 39.5 Å². The molecule has 0 N–H and O–H groups in total. The highest BCUT2D eigenvalue weighted by Gasteiger charge is 2.49. The Bertz CT molecular complexity index is 1520. The Morgan fingerprint density at radius 1 is 0.366 bits per heavy atom. The highest BCUT2D eigenvalue weighted by molar-refractivity contribution is 9.10. The van der Waals surface area contributed by atoms with Crippen LogP contribution >= 0.6 is 15.9 Å². The van der Waals surface area contributed by atoms with Crippen LogP contribution in [0.2, 0.25) is 0 Å². The van der Waals surface area contributed by atoms with Gasteiger partial charge >= 0.3 is 0 Å². The molecule has 0 heterocycles. The molecular weight excluding hydrogens is 664 g/mol. The van der Waals surface area contributed by atoms with E-state index in [1.165, 1.54) is 0 Å². The van der Waals surface area contributed by atoms with Gasteiger partial charge in [0.15, 0.2) is 52.4 Å². The van der Waals surface area contributed by atoms with Gasteiger partial charge in [-0.3, -0.25) is 0 Å². The first kappa shape index (κ1) is 30.3. The molecule has 0 unspecified atom stereocenters. The molecule has 0 bridgehead atoms. The molecule has 0 saturated carbocycles. The van der Waals surface area contributed by atoms with Crippen molar-refractivity contribution in [2.24, 2.45) is 0 Å². The normalized spacial score (nSPS) is 11.9. The monoisotopic (exact) mass is 667 g/mol. The third-order valence-corrected chi connectivity index (χ3v) is 6.87. The van der Waals surface area contributed by atoms with Crippen LogP contribution in [-0.2, 0) is 0 Å². The predicted molar refractivity (Wildman–Crippen MR) is 117 cm³/mol. The van der Waals surface area contributed by atoms with Crippen molar-refractivity contribution >= 4 is 43.9 Å². The standard InChI is InChI=1S/C24H4BBrF15/c26-6-3-1-2-5(4-6)25(7-10(27)16(33)22(39)17(34)11(7)28,8-12(29)18(35)23(40)19(36)13(8)30)9-14(31)20(37)24(41)21(38)15(9)32/h1-4H/q-1. The third kappa shape index (κ3) is 4.10. The van der Waals surface area contributed by atoms with Gasteiger partial charge in [0.05, 0.1) is 0 Å². The van der Waals surface area contributed by atoms with Gasteiger partial charge in [-0.1, -0.05) is 34.1 Å². The SMILES string of the molecule is Fc1c(F)c(F)c([B-](c2cccc(Br)c2)(c2c(F)c(F)c(F)c(F)c2F)c2c(F)c(F)c(F)c(F)c2F)c(F)c1F. The molecule has 0 fully saturated rings. The Kier molecular flexibility index (Phi) is 7.64. The van der Waals surface area contributed by atoms with Crippen molar-refractivity contribution in [3.8, 4) is 0 Å². The molecule has 4 aromatic carbocycles. The molecule has 0 atom stereocenters. The fourth-order valence-corrected chi connectivity index (χ4v) is 5.13.